The van der Waals surface area contributed by atoms with E-state index in [9.17, 15) is 9.18 Å². The molecule has 7 heteroatoms. The molecule has 0 aliphatic rings. The van der Waals surface area contributed by atoms with Gasteiger partial charge in [-0.3, -0.25) is 4.98 Å². The average Bonchev–Trinajstić information content (AvgIpc) is 2.93. The van der Waals surface area contributed by atoms with Crippen LogP contribution < -0.4 is 5.32 Å². The molecule has 2 aromatic heterocycles. The van der Waals surface area contributed by atoms with E-state index in [0.29, 0.717) is 22.2 Å². The predicted molar refractivity (Wildman–Crippen MR) is 96.4 cm³/mol. The minimum Gasteiger partial charge on any atom is -0.460 e. The number of carbonyl (C=O) groups is 1. The topological polar surface area (TPSA) is 64.4 Å². The lowest BCUT2D eigenvalue weighted by molar-refractivity contribution is 0.0494. The Balaban J connectivity index is 1.95. The minimum atomic E-state index is -0.570. The van der Waals surface area contributed by atoms with Gasteiger partial charge in [-0.1, -0.05) is 6.07 Å². The predicted octanol–water partition coefficient (Wildman–Crippen LogP) is 4.36. The van der Waals surface area contributed by atoms with E-state index < -0.39 is 5.97 Å². The summed E-state index contributed by atoms with van der Waals surface area (Å²) in [7, 11) is 0. The first-order valence-electron chi connectivity index (χ1n) is 7.31. The zero-order chi connectivity index (χ0) is 17.1. The van der Waals surface area contributed by atoms with Crippen LogP contribution in [0.3, 0.4) is 0 Å². The van der Waals surface area contributed by atoms with Crippen molar-refractivity contribution in [1.82, 2.24) is 4.98 Å². The maximum atomic E-state index is 14.0. The number of aromatic nitrogens is 1. The SMILES string of the molecule is CCOC(=O)c1oc2ccncc2c1NCc1ccc(I)cc1F. The molecule has 0 atom stereocenters. The highest BCUT2D eigenvalue weighted by Gasteiger charge is 2.22. The van der Waals surface area contributed by atoms with Crippen molar-refractivity contribution in [2.45, 2.75) is 13.5 Å². The van der Waals surface area contributed by atoms with Crippen LogP contribution in [0.5, 0.6) is 0 Å². The van der Waals surface area contributed by atoms with Crippen molar-refractivity contribution in [3.8, 4) is 0 Å². The molecule has 0 saturated heterocycles. The summed E-state index contributed by atoms with van der Waals surface area (Å²) in [5.74, 6) is -0.817. The summed E-state index contributed by atoms with van der Waals surface area (Å²) in [6.45, 7) is 2.16. The zero-order valence-electron chi connectivity index (χ0n) is 12.8. The van der Waals surface area contributed by atoms with Gasteiger partial charge in [0.15, 0.2) is 0 Å². The van der Waals surface area contributed by atoms with Gasteiger partial charge in [0.1, 0.15) is 11.4 Å². The smallest absolute Gasteiger partial charge is 0.376 e. The van der Waals surface area contributed by atoms with Gasteiger partial charge in [0.25, 0.3) is 0 Å². The van der Waals surface area contributed by atoms with Crippen LogP contribution >= 0.6 is 22.6 Å². The van der Waals surface area contributed by atoms with Crippen molar-refractivity contribution in [1.29, 1.82) is 0 Å². The number of hydrogen-bond acceptors (Lipinski definition) is 5. The summed E-state index contributed by atoms with van der Waals surface area (Å²) in [5.41, 5.74) is 1.46. The minimum absolute atomic E-state index is 0.0609. The molecule has 0 radical (unpaired) electrons. The molecule has 124 valence electrons. The van der Waals surface area contributed by atoms with Crippen molar-refractivity contribution >= 4 is 45.2 Å². The van der Waals surface area contributed by atoms with Gasteiger partial charge in [0.05, 0.1) is 17.7 Å². The summed E-state index contributed by atoms with van der Waals surface area (Å²) in [6.07, 6.45) is 3.16. The fourth-order valence-corrected chi connectivity index (χ4v) is 2.76. The Bertz CT molecular complexity index is 895. The molecule has 0 aliphatic heterocycles. The molecule has 3 rings (SSSR count). The van der Waals surface area contributed by atoms with Crippen LogP contribution in [0.1, 0.15) is 23.0 Å². The highest BCUT2D eigenvalue weighted by molar-refractivity contribution is 14.1. The number of anilines is 1. The van der Waals surface area contributed by atoms with E-state index in [0.717, 1.165) is 3.57 Å². The summed E-state index contributed by atoms with van der Waals surface area (Å²) in [6, 6.07) is 6.64. The second-order valence-electron chi connectivity index (χ2n) is 4.99. The maximum Gasteiger partial charge on any atom is 0.376 e. The number of pyridine rings is 1. The maximum absolute atomic E-state index is 14.0. The van der Waals surface area contributed by atoms with Crippen LogP contribution in [-0.4, -0.2) is 17.6 Å². The Hall–Kier alpha value is -2.16. The second kappa shape index (κ2) is 7.16. The molecular weight excluding hydrogens is 426 g/mol. The normalized spacial score (nSPS) is 10.8. The van der Waals surface area contributed by atoms with Gasteiger partial charge in [0, 0.05) is 28.1 Å². The number of benzene rings is 1. The number of esters is 1. The van der Waals surface area contributed by atoms with Crippen molar-refractivity contribution < 1.29 is 18.3 Å². The quantitative estimate of drug-likeness (QED) is 0.472. The molecule has 0 bridgehead atoms. The van der Waals surface area contributed by atoms with Gasteiger partial charge in [-0.25, -0.2) is 9.18 Å². The Kier molecular flexibility index (Phi) is 4.98. The van der Waals surface area contributed by atoms with E-state index in [1.165, 1.54) is 6.07 Å². The third-order valence-corrected chi connectivity index (χ3v) is 4.09. The van der Waals surface area contributed by atoms with Gasteiger partial charge in [-0.15, -0.1) is 0 Å². The summed E-state index contributed by atoms with van der Waals surface area (Å²) >= 11 is 2.05. The monoisotopic (exact) mass is 440 g/mol. The van der Waals surface area contributed by atoms with Crippen molar-refractivity contribution in [3.05, 3.63) is 57.4 Å². The molecule has 0 fully saturated rings. The van der Waals surface area contributed by atoms with Crippen LogP contribution in [0.2, 0.25) is 0 Å². The highest BCUT2D eigenvalue weighted by Crippen LogP contribution is 2.31. The first-order chi connectivity index (χ1) is 11.6. The molecule has 5 nitrogen and oxygen atoms in total. The van der Waals surface area contributed by atoms with Crippen molar-refractivity contribution in [3.63, 3.8) is 0 Å². The Morgan fingerprint density at radius 1 is 1.42 bits per heavy atom. The second-order valence-corrected chi connectivity index (χ2v) is 6.23. The van der Waals surface area contributed by atoms with Crippen molar-refractivity contribution in [2.75, 3.05) is 11.9 Å². The van der Waals surface area contributed by atoms with Gasteiger partial charge >= 0.3 is 5.97 Å². The average molecular weight is 440 g/mol. The molecule has 1 N–H and O–H groups in total. The highest BCUT2D eigenvalue weighted by atomic mass is 127. The number of furan rings is 1. The lowest BCUT2D eigenvalue weighted by Gasteiger charge is -2.08. The first-order valence-corrected chi connectivity index (χ1v) is 8.39. The van der Waals surface area contributed by atoms with E-state index in [2.05, 4.69) is 32.9 Å². The molecule has 0 unspecified atom stereocenters. The van der Waals surface area contributed by atoms with Crippen LogP contribution in [0, 0.1) is 9.39 Å². The number of halogens is 2. The van der Waals surface area contributed by atoms with E-state index in [-0.39, 0.29) is 24.7 Å². The summed E-state index contributed by atoms with van der Waals surface area (Å²) in [5, 5.41) is 3.72. The van der Waals surface area contributed by atoms with E-state index in [1.54, 1.807) is 31.5 Å². The third-order valence-electron chi connectivity index (χ3n) is 3.42. The zero-order valence-corrected chi connectivity index (χ0v) is 15.0. The lowest BCUT2D eigenvalue weighted by Crippen LogP contribution is -2.09. The number of nitrogens with zero attached hydrogens (tertiary/aromatic N) is 1. The molecule has 0 spiro atoms. The first kappa shape index (κ1) is 16.7. The Morgan fingerprint density at radius 2 is 2.25 bits per heavy atom. The third kappa shape index (κ3) is 3.35. The van der Waals surface area contributed by atoms with Crippen LogP contribution in [0.15, 0.2) is 41.1 Å². The Morgan fingerprint density at radius 3 is 3.00 bits per heavy atom. The fourth-order valence-electron chi connectivity index (χ4n) is 2.31. The number of rotatable bonds is 5. The van der Waals surface area contributed by atoms with Gasteiger partial charge in [-0.05, 0) is 47.7 Å². The van der Waals surface area contributed by atoms with E-state index in [4.69, 9.17) is 9.15 Å². The van der Waals surface area contributed by atoms with Gasteiger partial charge in [0.2, 0.25) is 5.76 Å². The largest absolute Gasteiger partial charge is 0.460 e. The summed E-state index contributed by atoms with van der Waals surface area (Å²) in [4.78, 5) is 16.2. The fraction of sp³-hybridized carbons (Fsp3) is 0.176. The van der Waals surface area contributed by atoms with Crippen LogP contribution in [0.25, 0.3) is 11.0 Å². The van der Waals surface area contributed by atoms with Crippen LogP contribution in [0.4, 0.5) is 10.1 Å². The van der Waals surface area contributed by atoms with E-state index >= 15 is 0 Å². The molecule has 24 heavy (non-hydrogen) atoms. The molecule has 0 aliphatic carbocycles. The number of carbonyl (C=O) groups excluding carboxylic acids is 1. The molecule has 3 aromatic rings. The van der Waals surface area contributed by atoms with Crippen LogP contribution in [-0.2, 0) is 11.3 Å². The standard InChI is InChI=1S/C17H14FIN2O3/c1-2-23-17(22)16-15(12-9-20-6-5-14(12)24-16)21-8-10-3-4-11(19)7-13(10)18/h3-7,9,21H,2,8H2,1H3. The van der Waals surface area contributed by atoms with E-state index in [1.807, 2.05) is 6.07 Å². The molecule has 0 amide bonds. The number of nitrogens with one attached hydrogen (secondary N) is 1. The lowest BCUT2D eigenvalue weighted by atomic mass is 10.2. The van der Waals surface area contributed by atoms with Gasteiger partial charge in [-0.2, -0.15) is 0 Å². The Labute approximate surface area is 151 Å². The molecular formula is C17H14FIN2O3. The van der Waals surface area contributed by atoms with Gasteiger partial charge < -0.3 is 14.5 Å². The molecule has 2 heterocycles. The molecule has 1 aromatic carbocycles. The molecule has 0 saturated carbocycles. The van der Waals surface area contributed by atoms with Crippen molar-refractivity contribution in [2.24, 2.45) is 0 Å². The number of fused-ring (bicyclic) bond motifs is 1. The number of hydrogen-bond donors (Lipinski definition) is 1. The summed E-state index contributed by atoms with van der Waals surface area (Å²) < 4.78 is 25.4. The number of ether oxygens (including phenoxy) is 1.